The van der Waals surface area contributed by atoms with Crippen molar-refractivity contribution in [3.8, 4) is 17.2 Å². The number of H-pyrrole nitrogens is 1. The van der Waals surface area contributed by atoms with Crippen LogP contribution >= 0.6 is 23.2 Å². The molecule has 1 unspecified atom stereocenters. The molecule has 1 aliphatic carbocycles. The molecule has 8 rings (SSSR count). The lowest BCUT2D eigenvalue weighted by Crippen LogP contribution is -2.52. The predicted molar refractivity (Wildman–Crippen MR) is 217 cm³/mol. The zero-order valence-corrected chi connectivity index (χ0v) is 34.4. The fraction of sp³-hybridized carbons (Fsp3) is 0.409. The van der Waals surface area contributed by atoms with Gasteiger partial charge in [0.25, 0.3) is 0 Å². The second kappa shape index (κ2) is 20.0. The zero-order chi connectivity index (χ0) is 42.2. The van der Waals surface area contributed by atoms with E-state index in [-0.39, 0.29) is 29.6 Å². The maximum atomic E-state index is 13.8. The highest BCUT2D eigenvalue weighted by atomic mass is 35.5. The number of aromatic nitrogens is 1. The number of rotatable bonds is 20. The minimum absolute atomic E-state index is 0.0975. The number of alkyl halides is 2. The number of ketones is 1. The molecule has 4 aromatic rings. The van der Waals surface area contributed by atoms with Gasteiger partial charge in [-0.25, -0.2) is 14.6 Å². The van der Waals surface area contributed by atoms with Crippen LogP contribution in [0.4, 0.5) is 14.5 Å². The van der Waals surface area contributed by atoms with E-state index in [0.29, 0.717) is 63.2 Å². The van der Waals surface area contributed by atoms with Crippen molar-refractivity contribution < 1.29 is 56.6 Å². The van der Waals surface area contributed by atoms with Crippen LogP contribution in [0.25, 0.3) is 0 Å². The summed E-state index contributed by atoms with van der Waals surface area (Å²) in [5, 5.41) is 3.87. The summed E-state index contributed by atoms with van der Waals surface area (Å²) in [6, 6.07) is 17.0. The first-order valence-electron chi connectivity index (χ1n) is 19.8. The van der Waals surface area contributed by atoms with Gasteiger partial charge in [-0.05, 0) is 104 Å². The number of hydrogen-bond acceptors (Lipinski definition) is 11. The van der Waals surface area contributed by atoms with Crippen LogP contribution in [0.5, 0.6) is 17.2 Å². The molecular formula is C44H46Cl2F2N3O9+. The van der Waals surface area contributed by atoms with Crippen LogP contribution in [0.3, 0.4) is 0 Å². The van der Waals surface area contributed by atoms with E-state index in [2.05, 4.69) is 15.2 Å². The van der Waals surface area contributed by atoms with Crippen molar-refractivity contribution in [1.29, 1.82) is 0 Å². The quantitative estimate of drug-likeness (QED) is 0.0875. The van der Waals surface area contributed by atoms with Crippen molar-refractivity contribution in [3.05, 3.63) is 111 Å². The average Bonchev–Trinajstić information content (AvgIpc) is 4.09. The van der Waals surface area contributed by atoms with Crippen molar-refractivity contribution in [1.82, 2.24) is 4.90 Å². The first kappa shape index (κ1) is 43.1. The molecule has 2 bridgehead atoms. The number of aromatic amines is 1. The lowest BCUT2D eigenvalue weighted by molar-refractivity contribution is -0.377. The monoisotopic (exact) mass is 868 g/mol. The van der Waals surface area contributed by atoms with Gasteiger partial charge < -0.3 is 33.7 Å². The predicted octanol–water partition coefficient (Wildman–Crippen LogP) is 7.72. The van der Waals surface area contributed by atoms with Gasteiger partial charge in [0, 0.05) is 24.2 Å². The number of hydrogen-bond donors (Lipinski definition) is 1. The Morgan fingerprint density at radius 3 is 2.37 bits per heavy atom. The highest BCUT2D eigenvalue weighted by molar-refractivity contribution is 6.35. The Kier molecular flexibility index (Phi) is 14.4. The number of carbonyl (C=O) groups excluding carboxylic acids is 3. The molecule has 16 heteroatoms. The molecule has 4 heterocycles. The molecule has 0 amide bonds. The summed E-state index contributed by atoms with van der Waals surface area (Å²) in [5.74, 6) is -0.609. The Balaban J connectivity index is 1.01. The number of anilines is 1. The number of piperidine rings is 3. The molecule has 0 radical (unpaired) electrons. The van der Waals surface area contributed by atoms with Gasteiger partial charge in [-0.15, -0.1) is 0 Å². The molecule has 3 aromatic carbocycles. The van der Waals surface area contributed by atoms with Gasteiger partial charge in [-0.2, -0.15) is 8.78 Å². The van der Waals surface area contributed by atoms with Crippen LogP contribution in [0, 0.1) is 11.8 Å². The Hall–Kier alpha value is -5.02. The number of fused-ring (bicyclic) bond motifs is 3. The molecule has 1 aromatic heterocycles. The van der Waals surface area contributed by atoms with E-state index in [1.54, 1.807) is 55.9 Å². The molecule has 3 saturated heterocycles. The molecule has 318 valence electrons. The third kappa shape index (κ3) is 11.4. The van der Waals surface area contributed by atoms with Crippen LogP contribution in [-0.2, 0) is 30.2 Å². The highest BCUT2D eigenvalue weighted by Crippen LogP contribution is 2.38. The largest absolute Gasteiger partial charge is 0.497 e. The lowest BCUT2D eigenvalue weighted by Gasteiger charge is -2.44. The number of Topliss-reactive ketones (excluding diaryl/α,β-unsaturated/α-hetero) is 1. The summed E-state index contributed by atoms with van der Waals surface area (Å²) >= 11 is 12.9. The first-order valence-corrected chi connectivity index (χ1v) is 20.6. The Bertz CT molecular complexity index is 2130. The Morgan fingerprint density at radius 2 is 1.67 bits per heavy atom. The van der Waals surface area contributed by atoms with E-state index in [4.69, 9.17) is 51.6 Å². The number of pyridine rings is 1. The number of methoxy groups -OCH3 is 1. The first-order chi connectivity index (χ1) is 29.0. The molecule has 12 nitrogen and oxygen atoms in total. The number of nitrogens with one attached hydrogen (secondary N) is 2. The third-order valence-corrected chi connectivity index (χ3v) is 11.5. The van der Waals surface area contributed by atoms with Crippen molar-refractivity contribution in [2.24, 2.45) is 11.8 Å². The Morgan fingerprint density at radius 1 is 0.900 bits per heavy atom. The molecule has 0 spiro atoms. The second-order valence-corrected chi connectivity index (χ2v) is 15.9. The zero-order valence-electron chi connectivity index (χ0n) is 32.9. The van der Waals surface area contributed by atoms with E-state index in [0.717, 1.165) is 38.8 Å². The molecule has 2 N–H and O–H groups in total. The lowest BCUT2D eigenvalue weighted by atomic mass is 9.86. The molecule has 3 aliphatic heterocycles. The van der Waals surface area contributed by atoms with Gasteiger partial charge >= 0.3 is 18.6 Å². The number of halogens is 4. The number of esters is 2. The average molecular weight is 870 g/mol. The van der Waals surface area contributed by atoms with Crippen molar-refractivity contribution in [3.63, 3.8) is 0 Å². The smallest absolute Gasteiger partial charge is 0.387 e. The molecule has 4 fully saturated rings. The van der Waals surface area contributed by atoms with Crippen LogP contribution in [0.2, 0.25) is 10.0 Å². The fourth-order valence-electron chi connectivity index (χ4n) is 7.38. The van der Waals surface area contributed by atoms with Crippen LogP contribution in [0.1, 0.15) is 64.9 Å². The maximum absolute atomic E-state index is 13.8. The van der Waals surface area contributed by atoms with Crippen LogP contribution in [0.15, 0.2) is 79.1 Å². The third-order valence-electron chi connectivity index (χ3n) is 10.9. The molecule has 4 aliphatic rings. The van der Waals surface area contributed by atoms with Crippen LogP contribution in [-0.4, -0.2) is 81.9 Å². The topological polar surface area (TPSA) is 136 Å². The second-order valence-electron chi connectivity index (χ2n) is 15.1. The standard InChI is InChI=1S/C44H45Cl2F2N3O9/c1-55-33-7-3-4-29(17-33)41(43(54)59-40-22-51-14-12-27(40)13-15-51)50-31-6-2-5-30(16-31)42(53)58-25-32(52)24-57-38(19-34-35(45)20-49-21-36(34)46)28-10-11-37(60-44(47)48)39(18-28)56-23-26-8-9-26/h2-7,10-11,16-18,20-21,26-27,38,40-41,44,50H,8-9,12-15,19,22-25H2,1H3/p+1/t38-,40-,41?/m0/s1. The normalized spacial score (nSPS) is 19.3. The summed E-state index contributed by atoms with van der Waals surface area (Å²) in [7, 11) is 1.55. The maximum Gasteiger partial charge on any atom is 0.387 e. The highest BCUT2D eigenvalue weighted by Gasteiger charge is 2.38. The minimum atomic E-state index is -3.07. The fourth-order valence-corrected chi connectivity index (χ4v) is 7.91. The summed E-state index contributed by atoms with van der Waals surface area (Å²) in [5.41, 5.74) is 2.20. The van der Waals surface area contributed by atoms with E-state index >= 15 is 0 Å². The SMILES string of the molecule is COc1cccc(C(Nc2cccc(C(=O)OCC(=O)CO[C@@H](Cc3c(Cl)c[nH+]cc3Cl)c3ccc(OC(F)F)c(OCC4CC4)c3)c2)C(=O)O[C@H]2CN3CCC2CC3)c1. The summed E-state index contributed by atoms with van der Waals surface area (Å²) in [6.07, 6.45) is 6.04. The molecule has 3 atom stereocenters. The number of nitrogens with zero attached hydrogens (tertiary/aromatic N) is 1. The van der Waals surface area contributed by atoms with E-state index < -0.39 is 49.7 Å². The van der Waals surface area contributed by atoms with Crippen molar-refractivity contribution in [2.45, 2.75) is 57.0 Å². The van der Waals surface area contributed by atoms with Crippen LogP contribution < -0.4 is 24.5 Å². The summed E-state index contributed by atoms with van der Waals surface area (Å²) in [6.45, 7) is -1.12. The van der Waals surface area contributed by atoms with Gasteiger partial charge in [-0.1, -0.05) is 47.5 Å². The van der Waals surface area contributed by atoms with E-state index in [9.17, 15) is 23.2 Å². The summed E-state index contributed by atoms with van der Waals surface area (Å²) < 4.78 is 60.1. The molecule has 60 heavy (non-hydrogen) atoms. The number of carbonyl (C=O) groups is 3. The molecular weight excluding hydrogens is 823 g/mol. The van der Waals surface area contributed by atoms with E-state index in [1.807, 2.05) is 0 Å². The van der Waals surface area contributed by atoms with Crippen molar-refractivity contribution >= 4 is 46.6 Å². The van der Waals surface area contributed by atoms with Gasteiger partial charge in [0.05, 0.1) is 25.4 Å². The van der Waals surface area contributed by atoms with Gasteiger partial charge in [0.2, 0.25) is 0 Å². The minimum Gasteiger partial charge on any atom is -0.497 e. The van der Waals surface area contributed by atoms with E-state index in [1.165, 1.54) is 30.3 Å². The van der Waals surface area contributed by atoms with Gasteiger partial charge in [0.15, 0.2) is 42.3 Å². The van der Waals surface area contributed by atoms with Gasteiger partial charge in [-0.3, -0.25) is 9.69 Å². The Labute approximate surface area is 356 Å². The molecule has 1 saturated carbocycles. The van der Waals surface area contributed by atoms with Gasteiger partial charge in [0.1, 0.15) is 28.5 Å². The number of benzene rings is 3. The van der Waals surface area contributed by atoms with Crippen molar-refractivity contribution in [2.75, 3.05) is 51.9 Å². The summed E-state index contributed by atoms with van der Waals surface area (Å²) in [4.78, 5) is 45.4. The number of ether oxygens (including phenoxy) is 6.